The summed E-state index contributed by atoms with van der Waals surface area (Å²) >= 11 is 0. The lowest BCUT2D eigenvalue weighted by atomic mass is 10.1. The van der Waals surface area contributed by atoms with Gasteiger partial charge in [0.2, 0.25) is 5.89 Å². The zero-order chi connectivity index (χ0) is 19.7. The highest BCUT2D eigenvalue weighted by Gasteiger charge is 2.22. The molecule has 0 saturated carbocycles. The Bertz CT molecular complexity index is 1130. The molecule has 0 aliphatic rings. The second-order valence-electron chi connectivity index (χ2n) is 6.77. The van der Waals surface area contributed by atoms with Crippen LogP contribution in [0.5, 0.6) is 0 Å². The number of carboxylic acids is 1. The van der Waals surface area contributed by atoms with Crippen LogP contribution in [0.4, 0.5) is 0 Å². The molecule has 6 heteroatoms. The van der Waals surface area contributed by atoms with Crippen LogP contribution in [0, 0.1) is 6.92 Å². The Morgan fingerprint density at radius 3 is 2.50 bits per heavy atom. The summed E-state index contributed by atoms with van der Waals surface area (Å²) < 4.78 is 11.6. The zero-order valence-corrected chi connectivity index (χ0v) is 15.7. The summed E-state index contributed by atoms with van der Waals surface area (Å²) in [5.74, 6) is 0.402. The van der Waals surface area contributed by atoms with Gasteiger partial charge in [0.25, 0.3) is 0 Å². The first-order chi connectivity index (χ1) is 13.5. The van der Waals surface area contributed by atoms with Crippen molar-refractivity contribution >= 4 is 16.9 Å². The first kappa shape index (κ1) is 18.0. The van der Waals surface area contributed by atoms with Crippen LogP contribution >= 0.6 is 0 Å². The Kier molecular flexibility index (Phi) is 4.71. The van der Waals surface area contributed by atoms with Gasteiger partial charge in [-0.3, -0.25) is 4.90 Å². The molecule has 0 radical (unpaired) electrons. The van der Waals surface area contributed by atoms with E-state index in [9.17, 15) is 9.90 Å². The van der Waals surface area contributed by atoms with Gasteiger partial charge in [0, 0.05) is 23.1 Å². The molecule has 0 amide bonds. The summed E-state index contributed by atoms with van der Waals surface area (Å²) in [6.07, 6.45) is 0. The smallest absolute Gasteiger partial charge is 0.358 e. The molecule has 2 aromatic heterocycles. The molecule has 4 aromatic rings. The van der Waals surface area contributed by atoms with E-state index in [-0.39, 0.29) is 5.69 Å². The van der Waals surface area contributed by atoms with E-state index in [1.54, 1.807) is 0 Å². The molecule has 0 aliphatic heterocycles. The average molecular weight is 376 g/mol. The second-order valence-corrected chi connectivity index (χ2v) is 6.77. The third kappa shape index (κ3) is 3.42. The maximum Gasteiger partial charge on any atom is 0.358 e. The molecule has 0 spiro atoms. The SMILES string of the molecule is Cc1oc2ccccc2c1CN(C)Cc1oc(-c2ccccc2)nc1C(=O)O. The van der Waals surface area contributed by atoms with E-state index in [1.807, 2.05) is 73.5 Å². The van der Waals surface area contributed by atoms with Crippen LogP contribution in [0.1, 0.15) is 27.6 Å². The highest BCUT2D eigenvalue weighted by molar-refractivity contribution is 5.87. The van der Waals surface area contributed by atoms with Crippen molar-refractivity contribution in [2.75, 3.05) is 7.05 Å². The highest BCUT2D eigenvalue weighted by atomic mass is 16.4. The number of aromatic carboxylic acids is 1. The van der Waals surface area contributed by atoms with E-state index in [0.717, 1.165) is 27.9 Å². The number of fused-ring (bicyclic) bond motifs is 1. The minimum absolute atomic E-state index is 0.0560. The predicted molar refractivity (Wildman–Crippen MR) is 105 cm³/mol. The molecule has 0 bridgehead atoms. The van der Waals surface area contributed by atoms with E-state index in [4.69, 9.17) is 8.83 Å². The molecule has 2 heterocycles. The van der Waals surface area contributed by atoms with Gasteiger partial charge >= 0.3 is 5.97 Å². The van der Waals surface area contributed by atoms with Gasteiger partial charge in [-0.05, 0) is 32.2 Å². The summed E-state index contributed by atoms with van der Waals surface area (Å²) in [5, 5.41) is 10.6. The van der Waals surface area contributed by atoms with Gasteiger partial charge in [-0.1, -0.05) is 36.4 Å². The predicted octanol–water partition coefficient (Wildman–Crippen LogP) is 4.73. The number of hydrogen-bond donors (Lipinski definition) is 1. The lowest BCUT2D eigenvalue weighted by molar-refractivity contribution is 0.0687. The number of nitrogens with zero attached hydrogens (tertiary/aromatic N) is 2. The van der Waals surface area contributed by atoms with Crippen LogP contribution in [0.15, 0.2) is 63.4 Å². The second kappa shape index (κ2) is 7.32. The van der Waals surface area contributed by atoms with Gasteiger partial charge in [0.15, 0.2) is 11.5 Å². The maximum absolute atomic E-state index is 11.6. The van der Waals surface area contributed by atoms with Gasteiger partial charge in [-0.15, -0.1) is 0 Å². The number of carboxylic acid groups (broad SMARTS) is 1. The Morgan fingerprint density at radius 2 is 1.75 bits per heavy atom. The fraction of sp³-hybridized carbons (Fsp3) is 0.182. The molecule has 0 unspecified atom stereocenters. The largest absolute Gasteiger partial charge is 0.476 e. The molecule has 0 saturated heterocycles. The van der Waals surface area contributed by atoms with Gasteiger partial charge in [-0.25, -0.2) is 9.78 Å². The summed E-state index contributed by atoms with van der Waals surface area (Å²) in [6.45, 7) is 2.86. The molecule has 28 heavy (non-hydrogen) atoms. The number of hydrogen-bond acceptors (Lipinski definition) is 5. The van der Waals surface area contributed by atoms with Crippen LogP contribution in [-0.2, 0) is 13.1 Å². The van der Waals surface area contributed by atoms with Crippen molar-refractivity contribution in [3.63, 3.8) is 0 Å². The number of carbonyl (C=O) groups is 1. The van der Waals surface area contributed by atoms with E-state index < -0.39 is 5.97 Å². The molecule has 6 nitrogen and oxygen atoms in total. The monoisotopic (exact) mass is 376 g/mol. The van der Waals surface area contributed by atoms with Gasteiger partial charge in [-0.2, -0.15) is 0 Å². The first-order valence-corrected chi connectivity index (χ1v) is 8.97. The first-order valence-electron chi connectivity index (χ1n) is 8.97. The number of rotatable bonds is 6. The topological polar surface area (TPSA) is 79.7 Å². The number of aryl methyl sites for hydroxylation is 1. The summed E-state index contributed by atoms with van der Waals surface area (Å²) in [4.78, 5) is 17.8. The normalized spacial score (nSPS) is 11.4. The van der Waals surface area contributed by atoms with Crippen molar-refractivity contribution in [1.82, 2.24) is 9.88 Å². The lowest BCUT2D eigenvalue weighted by Crippen LogP contribution is -2.18. The van der Waals surface area contributed by atoms with Crippen LogP contribution in [0.2, 0.25) is 0 Å². The fourth-order valence-electron chi connectivity index (χ4n) is 3.32. The number of furan rings is 1. The van der Waals surface area contributed by atoms with E-state index in [2.05, 4.69) is 4.98 Å². The molecule has 0 atom stereocenters. The Morgan fingerprint density at radius 1 is 1.04 bits per heavy atom. The van der Waals surface area contributed by atoms with Crippen molar-refractivity contribution in [2.45, 2.75) is 20.0 Å². The van der Waals surface area contributed by atoms with Gasteiger partial charge in [0.05, 0.1) is 6.54 Å². The van der Waals surface area contributed by atoms with Crippen molar-refractivity contribution in [3.8, 4) is 11.5 Å². The third-order valence-electron chi connectivity index (χ3n) is 4.66. The van der Waals surface area contributed by atoms with Crippen LogP contribution in [0.25, 0.3) is 22.4 Å². The minimum Gasteiger partial charge on any atom is -0.476 e. The fourth-order valence-corrected chi connectivity index (χ4v) is 3.32. The van der Waals surface area contributed by atoms with E-state index >= 15 is 0 Å². The zero-order valence-electron chi connectivity index (χ0n) is 15.7. The molecule has 2 aromatic carbocycles. The Balaban J connectivity index is 1.60. The van der Waals surface area contributed by atoms with E-state index in [0.29, 0.717) is 24.7 Å². The Labute approximate surface area is 162 Å². The Hall–Kier alpha value is -3.38. The average Bonchev–Trinajstić information content (AvgIpc) is 3.24. The lowest BCUT2D eigenvalue weighted by Gasteiger charge is -2.15. The molecule has 0 aliphatic carbocycles. The molecular weight excluding hydrogens is 356 g/mol. The molecule has 142 valence electrons. The summed E-state index contributed by atoms with van der Waals surface area (Å²) in [6, 6.07) is 17.2. The van der Waals surface area contributed by atoms with Gasteiger partial charge in [0.1, 0.15) is 11.3 Å². The van der Waals surface area contributed by atoms with Crippen molar-refractivity contribution in [2.24, 2.45) is 0 Å². The van der Waals surface area contributed by atoms with Gasteiger partial charge < -0.3 is 13.9 Å². The summed E-state index contributed by atoms with van der Waals surface area (Å²) in [5.41, 5.74) is 2.62. The maximum atomic E-state index is 11.6. The molecular formula is C22H20N2O4. The minimum atomic E-state index is -1.10. The van der Waals surface area contributed by atoms with Crippen LogP contribution in [-0.4, -0.2) is 28.0 Å². The molecule has 0 fully saturated rings. The number of para-hydroxylation sites is 1. The van der Waals surface area contributed by atoms with Crippen LogP contribution in [0.3, 0.4) is 0 Å². The quantitative estimate of drug-likeness (QED) is 0.524. The number of benzene rings is 2. The van der Waals surface area contributed by atoms with Crippen molar-refractivity contribution in [3.05, 3.63) is 77.4 Å². The highest BCUT2D eigenvalue weighted by Crippen LogP contribution is 2.28. The number of oxazole rings is 1. The molecule has 1 N–H and O–H groups in total. The van der Waals surface area contributed by atoms with Crippen LogP contribution < -0.4 is 0 Å². The molecule has 4 rings (SSSR count). The van der Waals surface area contributed by atoms with Crippen molar-refractivity contribution < 1.29 is 18.7 Å². The van der Waals surface area contributed by atoms with E-state index in [1.165, 1.54) is 0 Å². The summed E-state index contributed by atoms with van der Waals surface area (Å²) in [7, 11) is 1.91. The number of aromatic nitrogens is 1. The standard InChI is InChI=1S/C22H20N2O4/c1-14-17(16-10-6-7-11-18(16)27-14)12-24(2)13-19-20(22(25)26)23-21(28-19)15-8-4-3-5-9-15/h3-11H,12-13H2,1-2H3,(H,25,26). The third-order valence-corrected chi connectivity index (χ3v) is 4.66. The van der Waals surface area contributed by atoms with Crippen molar-refractivity contribution in [1.29, 1.82) is 0 Å².